The number of furan rings is 1. The highest BCUT2D eigenvalue weighted by molar-refractivity contribution is 14.0. The van der Waals surface area contributed by atoms with Crippen LogP contribution in [0.4, 0.5) is 0 Å². The molecule has 1 aromatic carbocycles. The van der Waals surface area contributed by atoms with E-state index in [-0.39, 0.29) is 24.0 Å². The smallest absolute Gasteiger partial charge is 0.216 e. The average Bonchev–Trinajstić information content (AvgIpc) is 3.39. The highest BCUT2D eigenvalue weighted by Gasteiger charge is 2.08. The SMILES string of the molecule is CCCCNC(=NCc1ccc(C)cc1)NCCc1nc(-c2ccco2)n[nH]1.I. The zero-order valence-electron chi connectivity index (χ0n) is 16.9. The van der Waals surface area contributed by atoms with Gasteiger partial charge in [0.1, 0.15) is 5.82 Å². The third kappa shape index (κ3) is 7.52. The van der Waals surface area contributed by atoms with Gasteiger partial charge in [-0.05, 0) is 31.0 Å². The van der Waals surface area contributed by atoms with Crippen LogP contribution in [-0.2, 0) is 13.0 Å². The molecule has 0 amide bonds. The van der Waals surface area contributed by atoms with E-state index in [1.54, 1.807) is 6.26 Å². The van der Waals surface area contributed by atoms with Gasteiger partial charge in [0, 0.05) is 19.5 Å². The monoisotopic (exact) mass is 508 g/mol. The minimum Gasteiger partial charge on any atom is -0.461 e. The summed E-state index contributed by atoms with van der Waals surface area (Å²) in [5.41, 5.74) is 2.45. The van der Waals surface area contributed by atoms with E-state index in [0.29, 0.717) is 31.1 Å². The zero-order chi connectivity index (χ0) is 19.6. The first-order chi connectivity index (χ1) is 13.7. The molecule has 3 rings (SSSR count). The fourth-order valence-corrected chi connectivity index (χ4v) is 2.64. The molecule has 2 aromatic heterocycles. The standard InChI is InChI=1S/C21H28N6O.HI/c1-3-4-12-22-21(24-15-17-9-7-16(2)8-10-17)23-13-11-19-25-20(27-26-19)18-6-5-14-28-18;/h5-10,14H,3-4,11-13,15H2,1-2H3,(H2,22,23,24)(H,25,26,27);1H. The molecule has 2 heterocycles. The Morgan fingerprint density at radius 3 is 2.66 bits per heavy atom. The van der Waals surface area contributed by atoms with E-state index in [1.165, 1.54) is 11.1 Å². The number of guanidine groups is 1. The minimum atomic E-state index is 0. The second kappa shape index (κ2) is 12.3. The lowest BCUT2D eigenvalue weighted by Gasteiger charge is -2.12. The topological polar surface area (TPSA) is 91.1 Å². The number of nitrogens with zero attached hydrogens (tertiary/aromatic N) is 3. The Morgan fingerprint density at radius 2 is 1.93 bits per heavy atom. The van der Waals surface area contributed by atoms with E-state index in [9.17, 15) is 0 Å². The summed E-state index contributed by atoms with van der Waals surface area (Å²) < 4.78 is 5.32. The fourth-order valence-electron chi connectivity index (χ4n) is 2.64. The molecule has 29 heavy (non-hydrogen) atoms. The van der Waals surface area contributed by atoms with Crippen LogP contribution < -0.4 is 10.6 Å². The minimum absolute atomic E-state index is 0. The van der Waals surface area contributed by atoms with Crippen molar-refractivity contribution >= 4 is 29.9 Å². The number of unbranched alkanes of at least 4 members (excludes halogenated alkanes) is 1. The molecule has 0 radical (unpaired) electrons. The fraction of sp³-hybridized carbons (Fsp3) is 0.381. The molecule has 3 N–H and O–H groups in total. The second-order valence-electron chi connectivity index (χ2n) is 6.69. The number of rotatable bonds is 9. The molecule has 0 saturated carbocycles. The van der Waals surface area contributed by atoms with Crippen LogP contribution in [0.2, 0.25) is 0 Å². The Hall–Kier alpha value is -2.36. The molecule has 0 aliphatic carbocycles. The van der Waals surface area contributed by atoms with Crippen LogP contribution in [0.3, 0.4) is 0 Å². The first-order valence-electron chi connectivity index (χ1n) is 9.77. The Kier molecular flexibility index (Phi) is 9.69. The van der Waals surface area contributed by atoms with Crippen molar-refractivity contribution in [3.8, 4) is 11.6 Å². The number of aryl methyl sites for hydroxylation is 1. The van der Waals surface area contributed by atoms with Gasteiger partial charge in [0.05, 0.1) is 12.8 Å². The summed E-state index contributed by atoms with van der Waals surface area (Å²) in [4.78, 5) is 9.17. The van der Waals surface area contributed by atoms with Gasteiger partial charge in [0.2, 0.25) is 5.82 Å². The number of hydrogen-bond donors (Lipinski definition) is 3. The van der Waals surface area contributed by atoms with Gasteiger partial charge in [-0.25, -0.2) is 9.98 Å². The highest BCUT2D eigenvalue weighted by Crippen LogP contribution is 2.14. The predicted molar refractivity (Wildman–Crippen MR) is 126 cm³/mol. The largest absolute Gasteiger partial charge is 0.461 e. The normalized spacial score (nSPS) is 11.2. The lowest BCUT2D eigenvalue weighted by Crippen LogP contribution is -2.39. The Morgan fingerprint density at radius 1 is 1.14 bits per heavy atom. The molecule has 0 aliphatic heterocycles. The molecule has 0 aliphatic rings. The number of hydrogen-bond acceptors (Lipinski definition) is 4. The molecule has 156 valence electrons. The Bertz CT molecular complexity index is 858. The van der Waals surface area contributed by atoms with Crippen molar-refractivity contribution in [2.24, 2.45) is 4.99 Å². The number of H-pyrrole nitrogens is 1. The van der Waals surface area contributed by atoms with Crippen LogP contribution in [0.15, 0.2) is 52.1 Å². The van der Waals surface area contributed by atoms with Crippen LogP contribution in [0.25, 0.3) is 11.6 Å². The van der Waals surface area contributed by atoms with E-state index in [1.807, 2.05) is 12.1 Å². The van der Waals surface area contributed by atoms with Crippen LogP contribution in [0.1, 0.15) is 36.7 Å². The van der Waals surface area contributed by atoms with Crippen molar-refractivity contribution in [2.75, 3.05) is 13.1 Å². The van der Waals surface area contributed by atoms with E-state index in [0.717, 1.165) is 31.2 Å². The summed E-state index contributed by atoms with van der Waals surface area (Å²) in [5.74, 6) is 2.87. The molecule has 0 unspecified atom stereocenters. The molecular formula is C21H29IN6O. The maximum atomic E-state index is 5.32. The lowest BCUT2D eigenvalue weighted by molar-refractivity contribution is 0.577. The summed E-state index contributed by atoms with van der Waals surface area (Å²) in [6.45, 7) is 6.53. The molecular weight excluding hydrogens is 479 g/mol. The molecule has 0 saturated heterocycles. The van der Waals surface area contributed by atoms with Crippen LogP contribution >= 0.6 is 24.0 Å². The molecule has 7 nitrogen and oxygen atoms in total. The first kappa shape index (κ1) is 22.9. The molecule has 0 bridgehead atoms. The first-order valence-corrected chi connectivity index (χ1v) is 9.77. The van der Waals surface area contributed by atoms with Gasteiger partial charge in [0.15, 0.2) is 11.7 Å². The molecule has 0 spiro atoms. The van der Waals surface area contributed by atoms with Crippen molar-refractivity contribution in [1.82, 2.24) is 25.8 Å². The summed E-state index contributed by atoms with van der Waals surface area (Å²) in [5, 5.41) is 13.9. The molecule has 0 atom stereocenters. The van der Waals surface area contributed by atoms with Crippen LogP contribution in [0, 0.1) is 6.92 Å². The lowest BCUT2D eigenvalue weighted by atomic mass is 10.1. The van der Waals surface area contributed by atoms with E-state index in [2.05, 4.69) is 63.9 Å². The number of aromatic nitrogens is 3. The zero-order valence-corrected chi connectivity index (χ0v) is 19.3. The van der Waals surface area contributed by atoms with E-state index >= 15 is 0 Å². The number of aliphatic imine (C=N–C) groups is 1. The van der Waals surface area contributed by atoms with Gasteiger partial charge in [-0.15, -0.1) is 24.0 Å². The highest BCUT2D eigenvalue weighted by atomic mass is 127. The maximum Gasteiger partial charge on any atom is 0.216 e. The average molecular weight is 508 g/mol. The number of benzene rings is 1. The number of halogens is 1. The summed E-state index contributed by atoms with van der Waals surface area (Å²) in [6, 6.07) is 12.1. The van der Waals surface area contributed by atoms with Gasteiger partial charge in [-0.1, -0.05) is 43.2 Å². The Labute approximate surface area is 188 Å². The van der Waals surface area contributed by atoms with E-state index < -0.39 is 0 Å². The maximum absolute atomic E-state index is 5.32. The Balaban J connectivity index is 0.00000300. The van der Waals surface area contributed by atoms with Gasteiger partial charge >= 0.3 is 0 Å². The summed E-state index contributed by atoms with van der Waals surface area (Å²) in [6.07, 6.45) is 4.59. The van der Waals surface area contributed by atoms with Gasteiger partial charge < -0.3 is 15.1 Å². The molecule has 0 fully saturated rings. The molecule has 3 aromatic rings. The van der Waals surface area contributed by atoms with Gasteiger partial charge in [-0.3, -0.25) is 5.10 Å². The van der Waals surface area contributed by atoms with Crippen molar-refractivity contribution < 1.29 is 4.42 Å². The summed E-state index contributed by atoms with van der Waals surface area (Å²) >= 11 is 0. The third-order valence-electron chi connectivity index (χ3n) is 4.29. The third-order valence-corrected chi connectivity index (χ3v) is 4.29. The predicted octanol–water partition coefficient (Wildman–Crippen LogP) is 4.07. The quantitative estimate of drug-likeness (QED) is 0.176. The number of aromatic amines is 1. The van der Waals surface area contributed by atoms with Gasteiger partial charge in [-0.2, -0.15) is 5.10 Å². The van der Waals surface area contributed by atoms with Crippen molar-refractivity contribution in [1.29, 1.82) is 0 Å². The molecule has 8 heteroatoms. The second-order valence-corrected chi connectivity index (χ2v) is 6.69. The van der Waals surface area contributed by atoms with Crippen molar-refractivity contribution in [2.45, 2.75) is 39.7 Å². The van der Waals surface area contributed by atoms with Crippen LogP contribution in [0.5, 0.6) is 0 Å². The van der Waals surface area contributed by atoms with E-state index in [4.69, 9.17) is 9.41 Å². The van der Waals surface area contributed by atoms with Crippen molar-refractivity contribution in [3.05, 3.63) is 59.6 Å². The van der Waals surface area contributed by atoms with Crippen molar-refractivity contribution in [3.63, 3.8) is 0 Å². The van der Waals surface area contributed by atoms with Crippen LogP contribution in [-0.4, -0.2) is 34.2 Å². The number of nitrogens with one attached hydrogen (secondary N) is 3. The summed E-state index contributed by atoms with van der Waals surface area (Å²) in [7, 11) is 0. The van der Waals surface area contributed by atoms with Gasteiger partial charge in [0.25, 0.3) is 0 Å².